The number of hydrogen-bond acceptors (Lipinski definition) is 5. The number of unbranched alkanes of at least 4 members (excludes halogenated alkanes) is 33. The van der Waals surface area contributed by atoms with E-state index in [4.69, 9.17) is 4.74 Å². The molecule has 0 aliphatic carbocycles. The average molecular weight is 820 g/mol. The summed E-state index contributed by atoms with van der Waals surface area (Å²) >= 11 is 0. The SMILES string of the molecule is CCC/C=C\CCCCCC(CC(=O)NC(CO)C(O)CCCCCCCCCCCCCC)OC(=O)CCCCCCCCCCCCCCCCCCCCC. The van der Waals surface area contributed by atoms with Crippen molar-refractivity contribution in [2.45, 2.75) is 302 Å². The second-order valence-electron chi connectivity index (χ2n) is 17.9. The van der Waals surface area contributed by atoms with E-state index in [2.05, 4.69) is 38.2 Å². The molecule has 344 valence electrons. The van der Waals surface area contributed by atoms with Crippen molar-refractivity contribution in [3.63, 3.8) is 0 Å². The van der Waals surface area contributed by atoms with Crippen LogP contribution in [0.3, 0.4) is 0 Å². The van der Waals surface area contributed by atoms with Crippen LogP contribution in [-0.4, -0.2) is 46.9 Å². The maximum atomic E-state index is 13.1. The number of hydrogen-bond donors (Lipinski definition) is 3. The van der Waals surface area contributed by atoms with Gasteiger partial charge in [-0.1, -0.05) is 238 Å². The fourth-order valence-electron chi connectivity index (χ4n) is 8.14. The van der Waals surface area contributed by atoms with E-state index in [9.17, 15) is 19.8 Å². The first kappa shape index (κ1) is 56.6. The van der Waals surface area contributed by atoms with Crippen LogP contribution in [-0.2, 0) is 14.3 Å². The molecule has 3 N–H and O–H groups in total. The smallest absolute Gasteiger partial charge is 0.306 e. The zero-order valence-corrected chi connectivity index (χ0v) is 39.2. The van der Waals surface area contributed by atoms with E-state index in [1.807, 2.05) is 0 Å². The molecule has 0 aromatic carbocycles. The molecule has 0 bridgehead atoms. The normalized spacial score (nSPS) is 13.3. The van der Waals surface area contributed by atoms with E-state index in [0.717, 1.165) is 64.2 Å². The molecule has 6 heteroatoms. The summed E-state index contributed by atoms with van der Waals surface area (Å²) in [4.78, 5) is 26.0. The summed E-state index contributed by atoms with van der Waals surface area (Å²) in [5.41, 5.74) is 0. The number of amides is 1. The van der Waals surface area contributed by atoms with Gasteiger partial charge in [-0.05, 0) is 44.9 Å². The van der Waals surface area contributed by atoms with Crippen molar-refractivity contribution in [3.05, 3.63) is 12.2 Å². The van der Waals surface area contributed by atoms with Crippen molar-refractivity contribution < 1.29 is 24.5 Å². The van der Waals surface area contributed by atoms with Crippen LogP contribution in [0.1, 0.15) is 284 Å². The van der Waals surface area contributed by atoms with Gasteiger partial charge in [-0.3, -0.25) is 9.59 Å². The molecule has 0 fully saturated rings. The van der Waals surface area contributed by atoms with Gasteiger partial charge in [0.1, 0.15) is 6.10 Å². The van der Waals surface area contributed by atoms with E-state index >= 15 is 0 Å². The van der Waals surface area contributed by atoms with Gasteiger partial charge in [0, 0.05) is 6.42 Å². The largest absolute Gasteiger partial charge is 0.462 e. The van der Waals surface area contributed by atoms with Crippen LogP contribution in [0.4, 0.5) is 0 Å². The van der Waals surface area contributed by atoms with Gasteiger partial charge in [0.15, 0.2) is 0 Å². The van der Waals surface area contributed by atoms with Gasteiger partial charge in [-0.25, -0.2) is 0 Å². The molecule has 0 heterocycles. The molecule has 0 aromatic heterocycles. The second kappa shape index (κ2) is 46.7. The Bertz CT molecular complexity index is 878. The number of rotatable bonds is 47. The Hall–Kier alpha value is -1.40. The molecule has 3 atom stereocenters. The van der Waals surface area contributed by atoms with Crippen LogP contribution >= 0.6 is 0 Å². The summed E-state index contributed by atoms with van der Waals surface area (Å²) in [6.45, 7) is 6.43. The fourth-order valence-corrected chi connectivity index (χ4v) is 8.14. The number of allylic oxidation sites excluding steroid dienone is 2. The van der Waals surface area contributed by atoms with Crippen LogP contribution in [0.25, 0.3) is 0 Å². The topological polar surface area (TPSA) is 95.9 Å². The van der Waals surface area contributed by atoms with E-state index < -0.39 is 18.2 Å². The van der Waals surface area contributed by atoms with Crippen LogP contribution < -0.4 is 5.32 Å². The third-order valence-electron chi connectivity index (χ3n) is 12.1. The van der Waals surface area contributed by atoms with Crippen molar-refractivity contribution in [2.24, 2.45) is 0 Å². The lowest BCUT2D eigenvalue weighted by atomic mass is 10.0. The van der Waals surface area contributed by atoms with Gasteiger partial charge < -0.3 is 20.3 Å². The number of carbonyl (C=O) groups excluding carboxylic acids is 2. The Balaban J connectivity index is 4.33. The van der Waals surface area contributed by atoms with Crippen LogP contribution in [0.5, 0.6) is 0 Å². The zero-order chi connectivity index (χ0) is 42.4. The van der Waals surface area contributed by atoms with Gasteiger partial charge in [-0.2, -0.15) is 0 Å². The highest BCUT2D eigenvalue weighted by Gasteiger charge is 2.24. The standard InChI is InChI=1S/C52H101NO5/c1-4-7-10-13-16-19-21-23-24-25-26-27-28-29-31-33-36-39-42-45-52(57)58-48(43-40-37-34-18-15-12-9-6-3)46-51(56)53-49(47-54)50(55)44-41-38-35-32-30-22-20-17-14-11-8-5-2/h12,15,48-50,54-55H,4-11,13-14,16-47H2,1-3H3,(H,53,56)/b15-12-. The number of nitrogens with one attached hydrogen (secondary N) is 1. The predicted molar refractivity (Wildman–Crippen MR) is 250 cm³/mol. The number of aliphatic hydroxyl groups is 2. The maximum absolute atomic E-state index is 13.1. The molecule has 0 saturated heterocycles. The first-order valence-corrected chi connectivity index (χ1v) is 25.9. The highest BCUT2D eigenvalue weighted by atomic mass is 16.5. The van der Waals surface area contributed by atoms with Crippen molar-refractivity contribution in [2.75, 3.05) is 6.61 Å². The molecule has 0 spiro atoms. The lowest BCUT2D eigenvalue weighted by molar-refractivity contribution is -0.151. The molecule has 0 rings (SSSR count). The second-order valence-corrected chi connectivity index (χ2v) is 17.9. The molecule has 1 amide bonds. The van der Waals surface area contributed by atoms with Crippen molar-refractivity contribution in [1.29, 1.82) is 0 Å². The minimum Gasteiger partial charge on any atom is -0.462 e. The average Bonchev–Trinajstić information content (AvgIpc) is 3.22. The Kier molecular flexibility index (Phi) is 45.5. The molecule has 6 nitrogen and oxygen atoms in total. The lowest BCUT2D eigenvalue weighted by Crippen LogP contribution is -2.46. The van der Waals surface area contributed by atoms with Crippen molar-refractivity contribution >= 4 is 11.9 Å². The van der Waals surface area contributed by atoms with Gasteiger partial charge in [0.25, 0.3) is 0 Å². The molecule has 0 aliphatic heterocycles. The molecule has 3 unspecified atom stereocenters. The number of esters is 1. The van der Waals surface area contributed by atoms with Crippen LogP contribution in [0.2, 0.25) is 0 Å². The van der Waals surface area contributed by atoms with E-state index in [1.165, 1.54) is 173 Å². The molecule has 0 aliphatic rings. The monoisotopic (exact) mass is 820 g/mol. The Morgan fingerprint density at radius 3 is 1.29 bits per heavy atom. The Morgan fingerprint density at radius 1 is 0.483 bits per heavy atom. The molecule has 58 heavy (non-hydrogen) atoms. The third-order valence-corrected chi connectivity index (χ3v) is 12.1. The van der Waals surface area contributed by atoms with E-state index in [-0.39, 0.29) is 24.9 Å². The van der Waals surface area contributed by atoms with Crippen molar-refractivity contribution in [3.8, 4) is 0 Å². The molecule has 0 saturated carbocycles. The molecular formula is C52H101NO5. The highest BCUT2D eigenvalue weighted by molar-refractivity contribution is 5.77. The lowest BCUT2D eigenvalue weighted by Gasteiger charge is -2.24. The summed E-state index contributed by atoms with van der Waals surface area (Å²) in [5.74, 6) is -0.477. The van der Waals surface area contributed by atoms with Gasteiger partial charge in [-0.15, -0.1) is 0 Å². The van der Waals surface area contributed by atoms with Crippen LogP contribution in [0, 0.1) is 0 Å². The summed E-state index contributed by atoms with van der Waals surface area (Å²) < 4.78 is 5.90. The summed E-state index contributed by atoms with van der Waals surface area (Å²) in [6.07, 6.45) is 51.5. The first-order valence-electron chi connectivity index (χ1n) is 25.9. The Morgan fingerprint density at radius 2 is 0.862 bits per heavy atom. The molecule has 0 radical (unpaired) electrons. The quantitative estimate of drug-likeness (QED) is 0.0323. The molecule has 0 aromatic rings. The van der Waals surface area contributed by atoms with Gasteiger partial charge in [0.05, 0.1) is 25.2 Å². The number of aliphatic hydroxyl groups excluding tert-OH is 2. The van der Waals surface area contributed by atoms with E-state index in [1.54, 1.807) is 0 Å². The maximum Gasteiger partial charge on any atom is 0.306 e. The van der Waals surface area contributed by atoms with Gasteiger partial charge in [0.2, 0.25) is 5.91 Å². The summed E-state index contributed by atoms with van der Waals surface area (Å²) in [6, 6.07) is -0.698. The minimum absolute atomic E-state index is 0.0726. The zero-order valence-electron chi connectivity index (χ0n) is 39.2. The first-order chi connectivity index (χ1) is 28.5. The van der Waals surface area contributed by atoms with Gasteiger partial charge >= 0.3 is 5.97 Å². The summed E-state index contributed by atoms with van der Waals surface area (Å²) in [7, 11) is 0. The Labute approximate surface area is 361 Å². The minimum atomic E-state index is -0.784. The number of ether oxygens (including phenoxy) is 1. The van der Waals surface area contributed by atoms with Crippen LogP contribution in [0.15, 0.2) is 12.2 Å². The number of carbonyl (C=O) groups is 2. The third kappa shape index (κ3) is 41.3. The summed E-state index contributed by atoms with van der Waals surface area (Å²) in [5, 5.41) is 23.7. The fraction of sp³-hybridized carbons (Fsp3) is 0.923. The van der Waals surface area contributed by atoms with Crippen molar-refractivity contribution in [1.82, 2.24) is 5.32 Å². The predicted octanol–water partition coefficient (Wildman–Crippen LogP) is 15.3. The highest BCUT2D eigenvalue weighted by Crippen LogP contribution is 2.18. The molecular weight excluding hydrogens is 719 g/mol. The van der Waals surface area contributed by atoms with E-state index in [0.29, 0.717) is 19.3 Å².